The van der Waals surface area contributed by atoms with Crippen LogP contribution in [-0.2, 0) is 22.4 Å². The maximum atomic E-state index is 12.0. The number of aromatic nitrogens is 2. The van der Waals surface area contributed by atoms with Crippen molar-refractivity contribution in [3.8, 4) is 0 Å². The van der Waals surface area contributed by atoms with Gasteiger partial charge in [0.1, 0.15) is 5.60 Å². The lowest BCUT2D eigenvalue weighted by Crippen LogP contribution is -2.47. The van der Waals surface area contributed by atoms with E-state index < -0.39 is 23.2 Å². The highest BCUT2D eigenvalue weighted by Crippen LogP contribution is 2.17. The molecule has 1 aromatic rings. The summed E-state index contributed by atoms with van der Waals surface area (Å²) in [7, 11) is 0. The van der Waals surface area contributed by atoms with Crippen molar-refractivity contribution in [3.05, 3.63) is 17.5 Å². The Balaban J connectivity index is 2.91. The van der Waals surface area contributed by atoms with Gasteiger partial charge < -0.3 is 14.8 Å². The van der Waals surface area contributed by atoms with E-state index >= 15 is 0 Å². The number of ether oxygens (including phenoxy) is 2. The number of alkyl carbamates (subject to hydrolysis) is 1. The molecule has 1 N–H and O–H groups in total. The van der Waals surface area contributed by atoms with Crippen LogP contribution in [0.3, 0.4) is 0 Å². The molecule has 1 heterocycles. The van der Waals surface area contributed by atoms with Crippen molar-refractivity contribution in [2.45, 2.75) is 79.0 Å². The third kappa shape index (κ3) is 7.15. The number of carbonyl (C=O) groups excluding carboxylic acids is 2. The maximum absolute atomic E-state index is 12.0. The van der Waals surface area contributed by atoms with Gasteiger partial charge in [-0.1, -0.05) is 6.92 Å². The fourth-order valence-corrected chi connectivity index (χ4v) is 2.38. The van der Waals surface area contributed by atoms with E-state index in [4.69, 9.17) is 9.47 Å². The highest BCUT2D eigenvalue weighted by molar-refractivity contribution is 5.87. The molecule has 0 atom stereocenters. The first-order chi connectivity index (χ1) is 11.5. The molecule has 25 heavy (non-hydrogen) atoms. The Bertz CT molecular complexity index is 600. The zero-order valence-corrected chi connectivity index (χ0v) is 16.4. The Kier molecular flexibility index (Phi) is 7.02. The fourth-order valence-electron chi connectivity index (χ4n) is 2.38. The second-order valence-electron chi connectivity index (χ2n) is 7.65. The molecule has 0 aliphatic rings. The quantitative estimate of drug-likeness (QED) is 0.760. The van der Waals surface area contributed by atoms with E-state index in [1.54, 1.807) is 17.7 Å². The SMILES string of the molecule is CCCn1nc(C(=O)OCC)cc1CC(C)(C)NC(=O)OC(C)(C)C. The molecule has 0 radical (unpaired) electrons. The van der Waals surface area contributed by atoms with Crippen LogP contribution in [0.15, 0.2) is 6.07 Å². The van der Waals surface area contributed by atoms with E-state index in [1.807, 2.05) is 41.5 Å². The van der Waals surface area contributed by atoms with E-state index in [0.29, 0.717) is 25.3 Å². The molecule has 0 aliphatic heterocycles. The number of carbonyl (C=O) groups is 2. The monoisotopic (exact) mass is 353 g/mol. The average Bonchev–Trinajstić information content (AvgIpc) is 2.78. The van der Waals surface area contributed by atoms with Crippen LogP contribution in [0.1, 0.15) is 71.1 Å². The van der Waals surface area contributed by atoms with Crippen molar-refractivity contribution in [2.24, 2.45) is 0 Å². The average molecular weight is 353 g/mol. The molecule has 142 valence electrons. The lowest BCUT2D eigenvalue weighted by molar-refractivity contribution is 0.0469. The smallest absolute Gasteiger partial charge is 0.408 e. The van der Waals surface area contributed by atoms with Crippen LogP contribution in [0.25, 0.3) is 0 Å². The van der Waals surface area contributed by atoms with Crippen LogP contribution >= 0.6 is 0 Å². The second kappa shape index (κ2) is 8.36. The molecule has 1 aromatic heterocycles. The first kappa shape index (κ1) is 21.0. The molecule has 0 saturated carbocycles. The van der Waals surface area contributed by atoms with Crippen LogP contribution in [0, 0.1) is 0 Å². The standard InChI is InChI=1S/C18H31N3O4/c1-8-10-21-13(11-14(20-21)15(22)24-9-2)12-18(6,7)19-16(23)25-17(3,4)5/h11H,8-10,12H2,1-7H3,(H,19,23). The number of nitrogens with one attached hydrogen (secondary N) is 1. The molecule has 0 aromatic carbocycles. The van der Waals surface area contributed by atoms with Gasteiger partial charge in [0.15, 0.2) is 5.69 Å². The summed E-state index contributed by atoms with van der Waals surface area (Å²) in [5, 5.41) is 7.22. The van der Waals surface area contributed by atoms with Gasteiger partial charge >= 0.3 is 12.1 Å². The van der Waals surface area contributed by atoms with Crippen molar-refractivity contribution in [3.63, 3.8) is 0 Å². The van der Waals surface area contributed by atoms with E-state index in [2.05, 4.69) is 10.4 Å². The molecular formula is C18H31N3O4. The lowest BCUT2D eigenvalue weighted by Gasteiger charge is -2.28. The van der Waals surface area contributed by atoms with Gasteiger partial charge in [0.25, 0.3) is 0 Å². The lowest BCUT2D eigenvalue weighted by atomic mass is 9.98. The predicted molar refractivity (Wildman–Crippen MR) is 95.6 cm³/mol. The Labute approximate surface area is 150 Å². The number of aryl methyl sites for hydroxylation is 1. The Morgan fingerprint density at radius 2 is 1.84 bits per heavy atom. The molecule has 0 unspecified atom stereocenters. The van der Waals surface area contributed by atoms with Crippen LogP contribution in [0.5, 0.6) is 0 Å². The molecule has 0 aliphatic carbocycles. The summed E-state index contributed by atoms with van der Waals surface area (Å²) in [4.78, 5) is 24.0. The van der Waals surface area contributed by atoms with Crippen molar-refractivity contribution in [1.29, 1.82) is 0 Å². The van der Waals surface area contributed by atoms with Gasteiger partial charge in [0.2, 0.25) is 0 Å². The molecule has 7 nitrogen and oxygen atoms in total. The highest BCUT2D eigenvalue weighted by Gasteiger charge is 2.27. The van der Waals surface area contributed by atoms with Crippen LogP contribution in [0.2, 0.25) is 0 Å². The fraction of sp³-hybridized carbons (Fsp3) is 0.722. The van der Waals surface area contributed by atoms with Crippen LogP contribution < -0.4 is 5.32 Å². The zero-order chi connectivity index (χ0) is 19.3. The Hall–Kier alpha value is -2.05. The van der Waals surface area contributed by atoms with Gasteiger partial charge in [0.05, 0.1) is 6.61 Å². The summed E-state index contributed by atoms with van der Waals surface area (Å²) in [6.45, 7) is 14.1. The molecule has 0 spiro atoms. The highest BCUT2D eigenvalue weighted by atomic mass is 16.6. The number of hydrogen-bond acceptors (Lipinski definition) is 5. The number of amides is 1. The van der Waals surface area contributed by atoms with E-state index in [-0.39, 0.29) is 0 Å². The summed E-state index contributed by atoms with van der Waals surface area (Å²) < 4.78 is 12.1. The first-order valence-electron chi connectivity index (χ1n) is 8.72. The second-order valence-corrected chi connectivity index (χ2v) is 7.65. The summed E-state index contributed by atoms with van der Waals surface area (Å²) in [6.07, 6.45) is 0.930. The zero-order valence-electron chi connectivity index (χ0n) is 16.4. The van der Waals surface area contributed by atoms with E-state index in [1.165, 1.54) is 0 Å². The molecule has 0 bridgehead atoms. The topological polar surface area (TPSA) is 82.5 Å². The summed E-state index contributed by atoms with van der Waals surface area (Å²) in [5.41, 5.74) is 0.0467. The van der Waals surface area contributed by atoms with E-state index in [0.717, 1.165) is 12.1 Å². The molecular weight excluding hydrogens is 322 g/mol. The van der Waals surface area contributed by atoms with Crippen molar-refractivity contribution in [2.75, 3.05) is 6.61 Å². The van der Waals surface area contributed by atoms with Gasteiger partial charge in [-0.15, -0.1) is 0 Å². The van der Waals surface area contributed by atoms with Crippen molar-refractivity contribution < 1.29 is 19.1 Å². The van der Waals surface area contributed by atoms with Gasteiger partial charge in [-0.05, 0) is 54.0 Å². The minimum Gasteiger partial charge on any atom is -0.461 e. The molecule has 0 saturated heterocycles. The van der Waals surface area contributed by atoms with Gasteiger partial charge in [0, 0.05) is 24.2 Å². The summed E-state index contributed by atoms with van der Waals surface area (Å²) in [5.74, 6) is -0.434. The van der Waals surface area contributed by atoms with Crippen LogP contribution in [0.4, 0.5) is 4.79 Å². The minimum absolute atomic E-state index is 0.290. The van der Waals surface area contributed by atoms with Crippen LogP contribution in [-0.4, -0.2) is 39.6 Å². The number of rotatable bonds is 7. The van der Waals surface area contributed by atoms with Gasteiger partial charge in [-0.25, -0.2) is 9.59 Å². The van der Waals surface area contributed by atoms with Crippen molar-refractivity contribution >= 4 is 12.1 Å². The largest absolute Gasteiger partial charge is 0.461 e. The van der Waals surface area contributed by atoms with Crippen molar-refractivity contribution in [1.82, 2.24) is 15.1 Å². The summed E-state index contributed by atoms with van der Waals surface area (Å²) >= 11 is 0. The molecule has 1 amide bonds. The van der Waals surface area contributed by atoms with Gasteiger partial charge in [-0.3, -0.25) is 4.68 Å². The number of esters is 1. The third-order valence-electron chi connectivity index (χ3n) is 3.25. The normalized spacial score (nSPS) is 12.0. The molecule has 1 rings (SSSR count). The van der Waals surface area contributed by atoms with E-state index in [9.17, 15) is 9.59 Å². The summed E-state index contributed by atoms with van der Waals surface area (Å²) in [6, 6.07) is 1.73. The molecule has 7 heteroatoms. The minimum atomic E-state index is -0.556. The number of hydrogen-bond donors (Lipinski definition) is 1. The van der Waals surface area contributed by atoms with Gasteiger partial charge in [-0.2, -0.15) is 5.10 Å². The first-order valence-corrected chi connectivity index (χ1v) is 8.72. The number of nitrogens with zero attached hydrogens (tertiary/aromatic N) is 2. The third-order valence-corrected chi connectivity index (χ3v) is 3.25. The Morgan fingerprint density at radius 1 is 1.20 bits per heavy atom. The Morgan fingerprint density at radius 3 is 2.36 bits per heavy atom. The molecule has 0 fully saturated rings. The predicted octanol–water partition coefficient (Wildman–Crippen LogP) is 3.32. The maximum Gasteiger partial charge on any atom is 0.408 e.